The third-order valence-corrected chi connectivity index (χ3v) is 2.02. The van der Waals surface area contributed by atoms with E-state index in [2.05, 4.69) is 10.2 Å². The van der Waals surface area contributed by atoms with Crippen LogP contribution in [0.25, 0.3) is 11.4 Å². The van der Waals surface area contributed by atoms with Crippen molar-refractivity contribution < 1.29 is 4.79 Å². The molecule has 2 rings (SSSR count). The molecule has 0 atom stereocenters. The van der Waals surface area contributed by atoms with E-state index in [1.165, 1.54) is 0 Å². The van der Waals surface area contributed by atoms with Crippen molar-refractivity contribution in [1.82, 2.24) is 14.8 Å². The molecule has 0 N–H and O–H groups in total. The maximum atomic E-state index is 10.4. The predicted molar refractivity (Wildman–Crippen MR) is 51.8 cm³/mol. The largest absolute Gasteiger partial charge is 0.317 e. The van der Waals surface area contributed by atoms with Crippen LogP contribution in [0, 0.1) is 0 Å². The molecule has 0 aliphatic carbocycles. The third-order valence-electron chi connectivity index (χ3n) is 2.02. The van der Waals surface area contributed by atoms with Crippen LogP contribution in [0.1, 0.15) is 10.4 Å². The van der Waals surface area contributed by atoms with Crippen LogP contribution in [-0.2, 0) is 7.05 Å². The van der Waals surface area contributed by atoms with E-state index in [-0.39, 0.29) is 0 Å². The number of hydrogen-bond donors (Lipinski definition) is 0. The van der Waals surface area contributed by atoms with E-state index in [0.717, 1.165) is 17.7 Å². The molecule has 0 aliphatic rings. The number of aromatic nitrogens is 3. The Morgan fingerprint density at radius 1 is 1.29 bits per heavy atom. The molecule has 0 aliphatic heterocycles. The highest BCUT2D eigenvalue weighted by atomic mass is 16.1. The van der Waals surface area contributed by atoms with Gasteiger partial charge in [-0.25, -0.2) is 0 Å². The average molecular weight is 187 g/mol. The molecule has 0 bridgehead atoms. The summed E-state index contributed by atoms with van der Waals surface area (Å²) in [5, 5.41) is 7.75. The van der Waals surface area contributed by atoms with Gasteiger partial charge in [0.15, 0.2) is 5.82 Å². The lowest BCUT2D eigenvalue weighted by Crippen LogP contribution is -1.91. The van der Waals surface area contributed by atoms with Crippen LogP contribution < -0.4 is 0 Å². The van der Waals surface area contributed by atoms with E-state index in [0.29, 0.717) is 5.56 Å². The first-order valence-corrected chi connectivity index (χ1v) is 4.21. The fourth-order valence-electron chi connectivity index (χ4n) is 1.26. The minimum Gasteiger partial charge on any atom is -0.317 e. The molecule has 0 amide bonds. The molecule has 0 spiro atoms. The number of hydrogen-bond acceptors (Lipinski definition) is 3. The average Bonchev–Trinajstić information content (AvgIpc) is 2.65. The van der Waals surface area contributed by atoms with Gasteiger partial charge in [0.25, 0.3) is 0 Å². The summed E-state index contributed by atoms with van der Waals surface area (Å²) in [5.41, 5.74) is 1.62. The summed E-state index contributed by atoms with van der Waals surface area (Å²) in [4.78, 5) is 10.4. The molecule has 1 aromatic carbocycles. The highest BCUT2D eigenvalue weighted by Crippen LogP contribution is 2.15. The second kappa shape index (κ2) is 3.41. The highest BCUT2D eigenvalue weighted by Gasteiger charge is 2.03. The quantitative estimate of drug-likeness (QED) is 0.665. The molecule has 0 radical (unpaired) electrons. The van der Waals surface area contributed by atoms with Gasteiger partial charge in [0.2, 0.25) is 0 Å². The van der Waals surface area contributed by atoms with Crippen molar-refractivity contribution in [2.75, 3.05) is 0 Å². The van der Waals surface area contributed by atoms with E-state index in [9.17, 15) is 4.79 Å². The number of aldehydes is 1. The zero-order valence-electron chi connectivity index (χ0n) is 7.71. The van der Waals surface area contributed by atoms with Crippen LogP contribution in [0.5, 0.6) is 0 Å². The Bertz CT molecular complexity index is 445. The fourth-order valence-corrected chi connectivity index (χ4v) is 1.26. The lowest BCUT2D eigenvalue weighted by molar-refractivity contribution is 0.112. The van der Waals surface area contributed by atoms with Crippen LogP contribution in [0.4, 0.5) is 0 Å². The molecule has 4 nitrogen and oxygen atoms in total. The molecule has 14 heavy (non-hydrogen) atoms. The molecule has 0 saturated carbocycles. The number of carbonyl (C=O) groups excluding carboxylic acids is 1. The van der Waals surface area contributed by atoms with Gasteiger partial charge in [-0.1, -0.05) is 24.3 Å². The maximum absolute atomic E-state index is 10.4. The number of nitrogens with zero attached hydrogens (tertiary/aromatic N) is 3. The Hall–Kier alpha value is -1.97. The van der Waals surface area contributed by atoms with Crippen LogP contribution in [0.2, 0.25) is 0 Å². The summed E-state index contributed by atoms with van der Waals surface area (Å²) < 4.78 is 1.83. The van der Waals surface area contributed by atoms with Crippen LogP contribution in [0.3, 0.4) is 0 Å². The summed E-state index contributed by atoms with van der Waals surface area (Å²) in [6, 6.07) is 7.23. The Kier molecular flexibility index (Phi) is 2.10. The summed E-state index contributed by atoms with van der Waals surface area (Å²) in [5.74, 6) is 0.794. The topological polar surface area (TPSA) is 47.8 Å². The van der Waals surface area contributed by atoms with Gasteiger partial charge in [-0.05, 0) is 0 Å². The monoisotopic (exact) mass is 187 g/mol. The first-order chi connectivity index (χ1) is 6.81. The second-order valence-electron chi connectivity index (χ2n) is 3.01. The van der Waals surface area contributed by atoms with Crippen molar-refractivity contribution in [3.63, 3.8) is 0 Å². The summed E-state index contributed by atoms with van der Waals surface area (Å²) >= 11 is 0. The second-order valence-corrected chi connectivity index (χ2v) is 3.01. The van der Waals surface area contributed by atoms with E-state index < -0.39 is 0 Å². The number of carbonyl (C=O) groups is 1. The van der Waals surface area contributed by atoms with Gasteiger partial charge in [-0.15, -0.1) is 10.2 Å². The molecular weight excluding hydrogens is 178 g/mol. The standard InChI is InChI=1S/C10H9N3O/c1-13-7-11-12-10(13)9-4-2-8(6-14)3-5-9/h2-7H,1H3. The Morgan fingerprint density at radius 2 is 2.00 bits per heavy atom. The molecule has 0 fully saturated rings. The van der Waals surface area contributed by atoms with Gasteiger partial charge in [0, 0.05) is 18.2 Å². The van der Waals surface area contributed by atoms with Crippen molar-refractivity contribution in [1.29, 1.82) is 0 Å². The molecule has 1 heterocycles. The highest BCUT2D eigenvalue weighted by molar-refractivity contribution is 5.76. The van der Waals surface area contributed by atoms with Crippen LogP contribution in [0.15, 0.2) is 30.6 Å². The molecule has 0 saturated heterocycles. The summed E-state index contributed by atoms with van der Waals surface area (Å²) in [6.07, 6.45) is 2.46. The lowest BCUT2D eigenvalue weighted by atomic mass is 10.1. The van der Waals surface area contributed by atoms with Crippen molar-refractivity contribution in [2.24, 2.45) is 7.05 Å². The van der Waals surface area contributed by atoms with E-state index in [4.69, 9.17) is 0 Å². The first kappa shape index (κ1) is 8.62. The predicted octanol–water partition coefficient (Wildman–Crippen LogP) is 1.29. The van der Waals surface area contributed by atoms with Crippen molar-refractivity contribution in [2.45, 2.75) is 0 Å². The minimum atomic E-state index is 0.663. The number of aryl methyl sites for hydroxylation is 1. The maximum Gasteiger partial charge on any atom is 0.163 e. The zero-order valence-corrected chi connectivity index (χ0v) is 7.71. The van der Waals surface area contributed by atoms with Crippen molar-refractivity contribution in [3.8, 4) is 11.4 Å². The molecular formula is C10H9N3O. The number of rotatable bonds is 2. The zero-order chi connectivity index (χ0) is 9.97. The minimum absolute atomic E-state index is 0.663. The number of benzene rings is 1. The van der Waals surface area contributed by atoms with Gasteiger partial charge in [0.05, 0.1) is 0 Å². The van der Waals surface area contributed by atoms with Gasteiger partial charge in [0.1, 0.15) is 12.6 Å². The van der Waals surface area contributed by atoms with Crippen LogP contribution in [-0.4, -0.2) is 21.1 Å². The Labute approximate surface area is 81.2 Å². The summed E-state index contributed by atoms with van der Waals surface area (Å²) in [6.45, 7) is 0. The molecule has 0 unspecified atom stereocenters. The smallest absolute Gasteiger partial charge is 0.163 e. The summed E-state index contributed by atoms with van der Waals surface area (Å²) in [7, 11) is 1.88. The van der Waals surface area contributed by atoms with E-state index in [1.54, 1.807) is 18.5 Å². The first-order valence-electron chi connectivity index (χ1n) is 4.21. The molecule has 1 aromatic heterocycles. The van der Waals surface area contributed by atoms with Gasteiger partial charge in [-0.3, -0.25) is 4.79 Å². The van der Waals surface area contributed by atoms with Gasteiger partial charge >= 0.3 is 0 Å². The van der Waals surface area contributed by atoms with Gasteiger partial charge < -0.3 is 4.57 Å². The van der Waals surface area contributed by atoms with Crippen LogP contribution >= 0.6 is 0 Å². The van der Waals surface area contributed by atoms with E-state index >= 15 is 0 Å². The lowest BCUT2D eigenvalue weighted by Gasteiger charge is -1.99. The van der Waals surface area contributed by atoms with Crippen molar-refractivity contribution >= 4 is 6.29 Å². The molecule has 4 heteroatoms. The van der Waals surface area contributed by atoms with E-state index in [1.807, 2.05) is 23.7 Å². The normalized spacial score (nSPS) is 10.1. The molecule has 70 valence electrons. The Balaban J connectivity index is 2.43. The Morgan fingerprint density at radius 3 is 2.50 bits per heavy atom. The van der Waals surface area contributed by atoms with Crippen molar-refractivity contribution in [3.05, 3.63) is 36.2 Å². The molecule has 2 aromatic rings. The third kappa shape index (κ3) is 1.42. The SMILES string of the molecule is Cn1cnnc1-c1ccc(C=O)cc1. The van der Waals surface area contributed by atoms with Gasteiger partial charge in [-0.2, -0.15) is 0 Å². The fraction of sp³-hybridized carbons (Fsp3) is 0.100.